The molecular formula is C19H19ClN4O5S. The zero-order valence-corrected chi connectivity index (χ0v) is 17.7. The maximum atomic E-state index is 12.8. The van der Waals surface area contributed by atoms with Crippen LogP contribution in [0.25, 0.3) is 0 Å². The van der Waals surface area contributed by atoms with E-state index in [1.165, 1.54) is 4.90 Å². The van der Waals surface area contributed by atoms with Crippen LogP contribution in [0.2, 0.25) is 5.02 Å². The smallest absolute Gasteiger partial charge is 0.341 e. The number of amides is 4. The van der Waals surface area contributed by atoms with Gasteiger partial charge in [-0.05, 0) is 24.1 Å². The zero-order valence-electron chi connectivity index (χ0n) is 16.2. The maximum absolute atomic E-state index is 12.8. The molecule has 158 valence electrons. The predicted molar refractivity (Wildman–Crippen MR) is 109 cm³/mol. The molecule has 1 atom stereocenters. The van der Waals surface area contributed by atoms with Gasteiger partial charge < -0.3 is 9.74 Å². The van der Waals surface area contributed by atoms with Gasteiger partial charge in [0.1, 0.15) is 5.71 Å². The van der Waals surface area contributed by atoms with Crippen LogP contribution in [0.5, 0.6) is 0 Å². The van der Waals surface area contributed by atoms with Crippen LogP contribution in [-0.4, -0.2) is 78.3 Å². The van der Waals surface area contributed by atoms with Gasteiger partial charge in [0, 0.05) is 30.0 Å². The summed E-state index contributed by atoms with van der Waals surface area (Å²) in [7, 11) is -3.70. The van der Waals surface area contributed by atoms with Crippen molar-refractivity contribution < 1.29 is 22.8 Å². The summed E-state index contributed by atoms with van der Waals surface area (Å²) in [6, 6.07) is 5.83. The summed E-state index contributed by atoms with van der Waals surface area (Å²) in [6.07, 6.45) is 1.94. The van der Waals surface area contributed by atoms with E-state index in [0.717, 1.165) is 16.7 Å². The van der Waals surface area contributed by atoms with Gasteiger partial charge in [-0.15, -0.1) is 0 Å². The van der Waals surface area contributed by atoms with E-state index in [9.17, 15) is 18.0 Å². The molecule has 0 bridgehead atoms. The van der Waals surface area contributed by atoms with E-state index >= 15 is 0 Å². The van der Waals surface area contributed by atoms with Gasteiger partial charge in [-0.3, -0.25) is 0 Å². The third-order valence-corrected chi connectivity index (χ3v) is 6.58. The van der Waals surface area contributed by atoms with E-state index in [0.29, 0.717) is 34.4 Å². The normalized spacial score (nSPS) is 23.5. The van der Waals surface area contributed by atoms with Crippen molar-refractivity contribution in [2.24, 2.45) is 5.16 Å². The van der Waals surface area contributed by atoms with Gasteiger partial charge in [0.05, 0.1) is 25.9 Å². The zero-order chi connectivity index (χ0) is 21.5. The summed E-state index contributed by atoms with van der Waals surface area (Å²) in [6.45, 7) is 0.625. The van der Waals surface area contributed by atoms with E-state index < -0.39 is 27.7 Å². The van der Waals surface area contributed by atoms with Crippen molar-refractivity contribution in [3.8, 4) is 11.8 Å². The number of rotatable bonds is 1. The average molecular weight is 451 g/mol. The van der Waals surface area contributed by atoms with E-state index in [4.69, 9.17) is 16.4 Å². The molecule has 1 spiro atoms. The molecule has 4 amide bonds. The van der Waals surface area contributed by atoms with Gasteiger partial charge in [0.2, 0.25) is 10.0 Å². The highest BCUT2D eigenvalue weighted by molar-refractivity contribution is 7.88. The van der Waals surface area contributed by atoms with Crippen molar-refractivity contribution in [3.05, 3.63) is 34.9 Å². The van der Waals surface area contributed by atoms with E-state index in [1.54, 1.807) is 12.1 Å². The van der Waals surface area contributed by atoms with Crippen LogP contribution in [0, 0.1) is 11.8 Å². The number of nitrogens with zero attached hydrogens (tertiary/aromatic N) is 4. The monoisotopic (exact) mass is 450 g/mol. The summed E-state index contributed by atoms with van der Waals surface area (Å²) in [5.41, 5.74) is 0.662. The minimum Gasteiger partial charge on any atom is -0.386 e. The summed E-state index contributed by atoms with van der Waals surface area (Å²) in [4.78, 5) is 33.1. The van der Waals surface area contributed by atoms with Crippen LogP contribution < -0.4 is 0 Å². The summed E-state index contributed by atoms with van der Waals surface area (Å²) in [5.74, 6) is 5.98. The van der Waals surface area contributed by atoms with Gasteiger partial charge in [0.25, 0.3) is 0 Å². The number of urea groups is 2. The van der Waals surface area contributed by atoms with Crippen molar-refractivity contribution >= 4 is 39.4 Å². The quantitative estimate of drug-likeness (QED) is 0.606. The standard InChI is InChI=1S/C19H19ClN4O5S/c1-30(27,28)24-10-9-23(18(24)26)17(25)22-8-7-19(13-22)12-16(21-29-19)6-5-14-3-2-4-15(20)11-14/h2-4,11H,7-10,12-13H2,1H3. The summed E-state index contributed by atoms with van der Waals surface area (Å²) >= 11 is 5.96. The average Bonchev–Trinajstić information content (AvgIpc) is 3.39. The van der Waals surface area contributed by atoms with Crippen molar-refractivity contribution in [2.45, 2.75) is 18.4 Å². The van der Waals surface area contributed by atoms with Gasteiger partial charge in [0.15, 0.2) is 5.60 Å². The number of likely N-dealkylation sites (tertiary alicyclic amines) is 1. The number of imide groups is 1. The Kier molecular flexibility index (Phi) is 5.11. The maximum Gasteiger partial charge on any atom is 0.341 e. The molecule has 0 aliphatic carbocycles. The van der Waals surface area contributed by atoms with E-state index in [1.807, 2.05) is 12.1 Å². The molecule has 0 aromatic heterocycles. The largest absolute Gasteiger partial charge is 0.386 e. The van der Waals surface area contributed by atoms with Crippen molar-refractivity contribution in [1.29, 1.82) is 0 Å². The highest BCUT2D eigenvalue weighted by atomic mass is 35.5. The fourth-order valence-corrected chi connectivity index (χ4v) is 4.68. The lowest BCUT2D eigenvalue weighted by molar-refractivity contribution is -0.00818. The molecule has 3 aliphatic rings. The third-order valence-electron chi connectivity index (χ3n) is 5.20. The SMILES string of the molecule is CS(=O)(=O)N1CCN(C(=O)N2CCC3(CC(C#Cc4cccc(Cl)c4)=NO3)C2)C1=O. The Labute approximate surface area is 179 Å². The summed E-state index contributed by atoms with van der Waals surface area (Å²) < 4.78 is 24.0. The first-order valence-corrected chi connectivity index (χ1v) is 11.5. The fraction of sp³-hybridized carbons (Fsp3) is 0.421. The van der Waals surface area contributed by atoms with Gasteiger partial charge in [-0.2, -0.15) is 0 Å². The van der Waals surface area contributed by atoms with Crippen LogP contribution in [0.3, 0.4) is 0 Å². The Morgan fingerprint density at radius 2 is 2.07 bits per heavy atom. The molecular weight excluding hydrogens is 432 g/mol. The number of hydrogen-bond donors (Lipinski definition) is 0. The second kappa shape index (κ2) is 7.49. The molecule has 0 saturated carbocycles. The molecule has 0 N–H and O–H groups in total. The Bertz CT molecular complexity index is 1110. The molecule has 0 radical (unpaired) electrons. The van der Waals surface area contributed by atoms with Gasteiger partial charge >= 0.3 is 12.1 Å². The molecule has 1 aromatic rings. The molecule has 30 heavy (non-hydrogen) atoms. The molecule has 1 unspecified atom stereocenters. The summed E-state index contributed by atoms with van der Waals surface area (Å²) in [5, 5.41) is 4.66. The number of hydrogen-bond acceptors (Lipinski definition) is 6. The van der Waals surface area contributed by atoms with E-state index in [-0.39, 0.29) is 19.6 Å². The lowest BCUT2D eigenvalue weighted by Crippen LogP contribution is -2.46. The Balaban J connectivity index is 1.38. The second-order valence-corrected chi connectivity index (χ2v) is 9.82. The predicted octanol–water partition coefficient (Wildman–Crippen LogP) is 1.73. The highest BCUT2D eigenvalue weighted by Gasteiger charge is 2.49. The number of benzene rings is 1. The van der Waals surface area contributed by atoms with Crippen LogP contribution in [0.15, 0.2) is 29.4 Å². The first-order chi connectivity index (χ1) is 14.2. The third kappa shape index (κ3) is 3.95. The molecule has 9 nitrogen and oxygen atoms in total. The lowest BCUT2D eigenvalue weighted by Gasteiger charge is -2.24. The van der Waals surface area contributed by atoms with Gasteiger partial charge in [-0.25, -0.2) is 27.2 Å². The van der Waals surface area contributed by atoms with Crippen LogP contribution in [0.1, 0.15) is 18.4 Å². The number of halogens is 1. The van der Waals surface area contributed by atoms with Crippen molar-refractivity contribution in [1.82, 2.24) is 14.1 Å². The van der Waals surface area contributed by atoms with Gasteiger partial charge in [-0.1, -0.05) is 28.7 Å². The van der Waals surface area contributed by atoms with Crippen molar-refractivity contribution in [2.75, 3.05) is 32.4 Å². The first-order valence-electron chi connectivity index (χ1n) is 9.28. The molecule has 11 heteroatoms. The van der Waals surface area contributed by atoms with Crippen molar-refractivity contribution in [3.63, 3.8) is 0 Å². The molecule has 2 fully saturated rings. The number of oxime groups is 1. The highest BCUT2D eigenvalue weighted by Crippen LogP contribution is 2.34. The first kappa shape index (κ1) is 20.5. The fourth-order valence-electron chi connectivity index (χ4n) is 3.70. The molecule has 2 saturated heterocycles. The number of carbonyl (C=O) groups is 2. The molecule has 3 heterocycles. The van der Waals surface area contributed by atoms with Crippen LogP contribution >= 0.6 is 11.6 Å². The van der Waals surface area contributed by atoms with Crippen LogP contribution in [0.4, 0.5) is 9.59 Å². The van der Waals surface area contributed by atoms with E-state index in [2.05, 4.69) is 17.0 Å². The molecule has 3 aliphatic heterocycles. The topological polar surface area (TPSA) is 99.6 Å². The minimum atomic E-state index is -3.70. The van der Waals surface area contributed by atoms with Crippen LogP contribution in [-0.2, 0) is 14.9 Å². The lowest BCUT2D eigenvalue weighted by atomic mass is 9.96. The Morgan fingerprint density at radius 1 is 1.27 bits per heavy atom. The Morgan fingerprint density at radius 3 is 2.77 bits per heavy atom. The second-order valence-electron chi connectivity index (χ2n) is 7.47. The number of sulfonamides is 1. The molecule has 1 aromatic carbocycles. The Hall–Kier alpha value is -2.77. The number of carbonyl (C=O) groups excluding carboxylic acids is 2. The minimum absolute atomic E-state index is 0.0297. The molecule has 4 rings (SSSR count).